The molecule has 1 aliphatic carbocycles. The summed E-state index contributed by atoms with van der Waals surface area (Å²) in [6.45, 7) is 9.59. The smallest absolute Gasteiger partial charge is 0.240 e. The maximum atomic E-state index is 12.9. The molecule has 21 heavy (non-hydrogen) atoms. The first-order valence-corrected chi connectivity index (χ1v) is 8.82. The summed E-state index contributed by atoms with van der Waals surface area (Å²) < 4.78 is 0. The number of hydrogen-bond donors (Lipinski definition) is 1. The van der Waals surface area contributed by atoms with E-state index in [4.69, 9.17) is 0 Å². The van der Waals surface area contributed by atoms with Crippen molar-refractivity contribution >= 4 is 5.91 Å². The fourth-order valence-corrected chi connectivity index (χ4v) is 4.53. The molecular weight excluding hydrogens is 262 g/mol. The van der Waals surface area contributed by atoms with Crippen molar-refractivity contribution in [1.29, 1.82) is 0 Å². The SMILES string of the molecule is CC1(C)CCCC(N2CCCC2C(=O)N2CCNCC2)C1. The first-order valence-electron chi connectivity index (χ1n) is 8.82. The number of rotatable bonds is 2. The minimum Gasteiger partial charge on any atom is -0.339 e. The van der Waals surface area contributed by atoms with E-state index in [1.807, 2.05) is 0 Å². The van der Waals surface area contributed by atoms with Crippen molar-refractivity contribution in [2.75, 3.05) is 32.7 Å². The molecule has 0 spiro atoms. The van der Waals surface area contributed by atoms with Crippen LogP contribution in [0.15, 0.2) is 0 Å². The maximum absolute atomic E-state index is 12.9. The van der Waals surface area contributed by atoms with Crippen LogP contribution in [0.25, 0.3) is 0 Å². The second-order valence-electron chi connectivity index (χ2n) is 7.89. The van der Waals surface area contributed by atoms with E-state index in [1.54, 1.807) is 0 Å². The van der Waals surface area contributed by atoms with Gasteiger partial charge in [-0.1, -0.05) is 20.3 Å². The van der Waals surface area contributed by atoms with Gasteiger partial charge in [-0.05, 0) is 44.1 Å². The number of nitrogens with zero attached hydrogens (tertiary/aromatic N) is 2. The van der Waals surface area contributed by atoms with Crippen LogP contribution in [0.5, 0.6) is 0 Å². The molecule has 4 heteroatoms. The average molecular weight is 293 g/mol. The molecule has 2 aliphatic heterocycles. The van der Waals surface area contributed by atoms with Crippen LogP contribution >= 0.6 is 0 Å². The lowest BCUT2D eigenvalue weighted by atomic mass is 9.74. The lowest BCUT2D eigenvalue weighted by molar-refractivity contribution is -0.137. The summed E-state index contributed by atoms with van der Waals surface area (Å²) in [6, 6.07) is 0.801. The molecular formula is C17H31N3O. The first-order chi connectivity index (χ1) is 10.1. The summed E-state index contributed by atoms with van der Waals surface area (Å²) in [5, 5.41) is 3.34. The Balaban J connectivity index is 1.65. The van der Waals surface area contributed by atoms with Gasteiger partial charge in [0.15, 0.2) is 0 Å². The van der Waals surface area contributed by atoms with Crippen molar-refractivity contribution in [1.82, 2.24) is 15.1 Å². The van der Waals surface area contributed by atoms with Crippen LogP contribution < -0.4 is 5.32 Å². The van der Waals surface area contributed by atoms with Gasteiger partial charge in [-0.15, -0.1) is 0 Å². The zero-order chi connectivity index (χ0) is 14.9. The van der Waals surface area contributed by atoms with Crippen LogP contribution in [0.4, 0.5) is 0 Å². The van der Waals surface area contributed by atoms with E-state index in [0.29, 0.717) is 17.4 Å². The van der Waals surface area contributed by atoms with Crippen LogP contribution in [0.3, 0.4) is 0 Å². The Morgan fingerprint density at radius 1 is 1.10 bits per heavy atom. The topological polar surface area (TPSA) is 35.6 Å². The quantitative estimate of drug-likeness (QED) is 0.844. The van der Waals surface area contributed by atoms with Crippen molar-refractivity contribution in [3.05, 3.63) is 0 Å². The third-order valence-electron chi connectivity index (χ3n) is 5.66. The number of piperazine rings is 1. The minimum absolute atomic E-state index is 0.169. The summed E-state index contributed by atoms with van der Waals surface area (Å²) in [5.41, 5.74) is 0.453. The molecule has 0 aromatic carbocycles. The highest BCUT2D eigenvalue weighted by Gasteiger charge is 2.40. The number of amides is 1. The Hall–Kier alpha value is -0.610. The van der Waals surface area contributed by atoms with E-state index in [1.165, 1.54) is 32.1 Å². The van der Waals surface area contributed by atoms with Gasteiger partial charge in [0.25, 0.3) is 0 Å². The van der Waals surface area contributed by atoms with Gasteiger partial charge in [-0.3, -0.25) is 9.69 Å². The Morgan fingerprint density at radius 3 is 2.57 bits per heavy atom. The monoisotopic (exact) mass is 293 g/mol. The van der Waals surface area contributed by atoms with Crippen molar-refractivity contribution in [3.63, 3.8) is 0 Å². The number of nitrogens with one attached hydrogen (secondary N) is 1. The normalized spacial score (nSPS) is 34.1. The van der Waals surface area contributed by atoms with Crippen molar-refractivity contribution in [3.8, 4) is 0 Å². The van der Waals surface area contributed by atoms with E-state index in [-0.39, 0.29) is 6.04 Å². The highest BCUT2D eigenvalue weighted by molar-refractivity contribution is 5.82. The van der Waals surface area contributed by atoms with E-state index >= 15 is 0 Å². The molecule has 0 bridgehead atoms. The van der Waals surface area contributed by atoms with Crippen LogP contribution in [0.2, 0.25) is 0 Å². The highest BCUT2D eigenvalue weighted by atomic mass is 16.2. The van der Waals surface area contributed by atoms with Crippen molar-refractivity contribution in [2.24, 2.45) is 5.41 Å². The van der Waals surface area contributed by atoms with Gasteiger partial charge in [0.2, 0.25) is 5.91 Å². The minimum atomic E-state index is 0.169. The molecule has 120 valence electrons. The summed E-state index contributed by atoms with van der Waals surface area (Å²) in [7, 11) is 0. The van der Waals surface area contributed by atoms with Crippen LogP contribution in [-0.2, 0) is 4.79 Å². The predicted molar refractivity (Wildman–Crippen MR) is 85.2 cm³/mol. The van der Waals surface area contributed by atoms with Crippen LogP contribution in [-0.4, -0.2) is 60.5 Å². The van der Waals surface area contributed by atoms with Gasteiger partial charge < -0.3 is 10.2 Å². The van der Waals surface area contributed by atoms with Crippen LogP contribution in [0.1, 0.15) is 52.4 Å². The highest BCUT2D eigenvalue weighted by Crippen LogP contribution is 2.39. The second kappa shape index (κ2) is 6.25. The van der Waals surface area contributed by atoms with Gasteiger partial charge in [0.1, 0.15) is 0 Å². The maximum Gasteiger partial charge on any atom is 0.240 e. The molecule has 0 radical (unpaired) electrons. The van der Waals surface area contributed by atoms with E-state index in [2.05, 4.69) is 29.0 Å². The Morgan fingerprint density at radius 2 is 1.86 bits per heavy atom. The van der Waals surface area contributed by atoms with Gasteiger partial charge >= 0.3 is 0 Å². The summed E-state index contributed by atoms with van der Waals surface area (Å²) in [4.78, 5) is 17.5. The molecule has 2 heterocycles. The fraction of sp³-hybridized carbons (Fsp3) is 0.941. The molecule has 1 saturated carbocycles. The summed E-state index contributed by atoms with van der Waals surface area (Å²) in [6.07, 6.45) is 7.47. The van der Waals surface area contributed by atoms with Crippen molar-refractivity contribution < 1.29 is 4.79 Å². The van der Waals surface area contributed by atoms with Crippen molar-refractivity contribution in [2.45, 2.75) is 64.5 Å². The fourth-order valence-electron chi connectivity index (χ4n) is 4.53. The molecule has 0 aromatic heterocycles. The van der Waals surface area contributed by atoms with Crippen LogP contribution in [0, 0.1) is 5.41 Å². The molecule has 0 aromatic rings. The zero-order valence-corrected chi connectivity index (χ0v) is 13.7. The number of hydrogen-bond acceptors (Lipinski definition) is 3. The van der Waals surface area contributed by atoms with E-state index in [9.17, 15) is 4.79 Å². The molecule has 3 fully saturated rings. The van der Waals surface area contributed by atoms with Gasteiger partial charge in [-0.25, -0.2) is 0 Å². The Bertz CT molecular complexity index is 376. The molecule has 1 amide bonds. The largest absolute Gasteiger partial charge is 0.339 e. The second-order valence-corrected chi connectivity index (χ2v) is 7.89. The number of likely N-dealkylation sites (tertiary alicyclic amines) is 1. The lowest BCUT2D eigenvalue weighted by Gasteiger charge is -2.42. The number of carbonyl (C=O) groups excluding carboxylic acids is 1. The summed E-state index contributed by atoms with van der Waals surface area (Å²) in [5.74, 6) is 0.400. The molecule has 3 aliphatic rings. The number of carbonyl (C=O) groups is 1. The summed E-state index contributed by atoms with van der Waals surface area (Å²) >= 11 is 0. The molecule has 2 atom stereocenters. The average Bonchev–Trinajstić information content (AvgIpc) is 2.96. The van der Waals surface area contributed by atoms with Gasteiger partial charge in [0.05, 0.1) is 6.04 Å². The standard InChI is InChI=1S/C17H31N3O/c1-17(2)7-3-5-14(13-17)20-10-4-6-15(20)16(21)19-11-8-18-9-12-19/h14-15,18H,3-13H2,1-2H3. The molecule has 1 N–H and O–H groups in total. The molecule has 2 unspecified atom stereocenters. The molecule has 2 saturated heterocycles. The Labute approximate surface area is 129 Å². The Kier molecular flexibility index (Phi) is 4.55. The third kappa shape index (κ3) is 3.42. The first kappa shape index (κ1) is 15.3. The van der Waals surface area contributed by atoms with E-state index < -0.39 is 0 Å². The van der Waals surface area contributed by atoms with E-state index in [0.717, 1.165) is 39.1 Å². The molecule has 3 rings (SSSR count). The molecule has 4 nitrogen and oxygen atoms in total. The lowest BCUT2D eigenvalue weighted by Crippen LogP contribution is -2.54. The van der Waals surface area contributed by atoms with Gasteiger partial charge in [0, 0.05) is 32.2 Å². The third-order valence-corrected chi connectivity index (χ3v) is 5.66. The van der Waals surface area contributed by atoms with Gasteiger partial charge in [-0.2, -0.15) is 0 Å². The predicted octanol–water partition coefficient (Wildman–Crippen LogP) is 1.85. The zero-order valence-electron chi connectivity index (χ0n) is 13.7.